The van der Waals surface area contributed by atoms with Gasteiger partial charge in [0.2, 0.25) is 0 Å². The lowest BCUT2D eigenvalue weighted by Crippen LogP contribution is -2.35. The molecule has 24 heavy (non-hydrogen) atoms. The van der Waals surface area contributed by atoms with E-state index in [2.05, 4.69) is 10.3 Å². The van der Waals surface area contributed by atoms with Gasteiger partial charge in [0.25, 0.3) is 5.91 Å². The number of thiazole rings is 1. The minimum absolute atomic E-state index is 0.221. The summed E-state index contributed by atoms with van der Waals surface area (Å²) in [5.41, 5.74) is 1.20. The van der Waals surface area contributed by atoms with Crippen LogP contribution in [0.25, 0.3) is 10.6 Å². The van der Waals surface area contributed by atoms with Gasteiger partial charge in [-0.2, -0.15) is 11.3 Å². The van der Waals surface area contributed by atoms with Crippen LogP contribution in [0, 0.1) is 0 Å². The molecule has 0 radical (unpaired) electrons. The highest BCUT2D eigenvalue weighted by Gasteiger charge is 2.21. The van der Waals surface area contributed by atoms with Crippen LogP contribution in [0.15, 0.2) is 39.7 Å². The second kappa shape index (κ2) is 7.69. The molecular weight excluding hydrogens is 364 g/mol. The van der Waals surface area contributed by atoms with Gasteiger partial charge in [0, 0.05) is 21.2 Å². The zero-order valence-corrected chi connectivity index (χ0v) is 15.2. The lowest BCUT2D eigenvalue weighted by atomic mass is 10.3. The molecule has 1 amide bonds. The third-order valence-corrected chi connectivity index (χ3v) is 5.60. The molecule has 3 rings (SSSR count). The Morgan fingerprint density at radius 1 is 1.25 bits per heavy atom. The van der Waals surface area contributed by atoms with Crippen molar-refractivity contribution < 1.29 is 14.3 Å². The van der Waals surface area contributed by atoms with Crippen molar-refractivity contribution in [3.63, 3.8) is 0 Å². The lowest BCUT2D eigenvalue weighted by molar-refractivity contribution is -0.129. The number of hydrogen-bond donors (Lipinski definition) is 1. The summed E-state index contributed by atoms with van der Waals surface area (Å²) in [5, 5.41) is 11.0. The smallest absolute Gasteiger partial charge is 0.358 e. The second-order valence-electron chi connectivity index (χ2n) is 4.89. The lowest BCUT2D eigenvalue weighted by Gasteiger charge is -2.12. The van der Waals surface area contributed by atoms with E-state index in [1.54, 1.807) is 35.0 Å². The third kappa shape index (κ3) is 4.08. The van der Waals surface area contributed by atoms with Crippen molar-refractivity contribution in [1.82, 2.24) is 10.3 Å². The number of nitrogens with one attached hydrogen (secondary N) is 1. The second-order valence-corrected chi connectivity index (χ2v) is 7.57. The Balaban J connectivity index is 1.54. The van der Waals surface area contributed by atoms with Crippen molar-refractivity contribution in [2.24, 2.45) is 0 Å². The van der Waals surface area contributed by atoms with Crippen LogP contribution in [0.3, 0.4) is 0 Å². The van der Waals surface area contributed by atoms with Crippen molar-refractivity contribution >= 4 is 45.9 Å². The highest BCUT2D eigenvalue weighted by atomic mass is 32.1. The first-order valence-electron chi connectivity index (χ1n) is 7.12. The number of nitrogens with zero attached hydrogens (tertiary/aromatic N) is 1. The Morgan fingerprint density at radius 3 is 2.83 bits per heavy atom. The number of amides is 1. The Bertz CT molecular complexity index is 810. The molecule has 3 aromatic rings. The molecule has 1 unspecified atom stereocenters. The summed E-state index contributed by atoms with van der Waals surface area (Å²) in [6.45, 7) is 1.98. The van der Waals surface area contributed by atoms with E-state index in [4.69, 9.17) is 4.74 Å². The van der Waals surface area contributed by atoms with Gasteiger partial charge in [0.05, 0.1) is 6.54 Å². The molecule has 0 aliphatic carbocycles. The summed E-state index contributed by atoms with van der Waals surface area (Å²) < 4.78 is 5.20. The molecule has 3 heterocycles. The molecule has 0 spiro atoms. The van der Waals surface area contributed by atoms with E-state index in [1.165, 1.54) is 11.3 Å². The van der Waals surface area contributed by atoms with Crippen molar-refractivity contribution in [1.29, 1.82) is 0 Å². The minimum Gasteiger partial charge on any atom is -0.448 e. The Labute approximate surface area is 150 Å². The maximum Gasteiger partial charge on any atom is 0.358 e. The fourth-order valence-corrected chi connectivity index (χ4v) is 4.04. The van der Waals surface area contributed by atoms with E-state index < -0.39 is 12.1 Å². The fraction of sp³-hybridized carbons (Fsp3) is 0.188. The number of carbonyl (C=O) groups excluding carboxylic acids is 2. The number of esters is 1. The molecule has 124 valence electrons. The summed E-state index contributed by atoms with van der Waals surface area (Å²) in [4.78, 5) is 29.4. The van der Waals surface area contributed by atoms with Crippen molar-refractivity contribution in [3.8, 4) is 10.6 Å². The van der Waals surface area contributed by atoms with E-state index in [0.29, 0.717) is 6.54 Å². The molecule has 8 heteroatoms. The van der Waals surface area contributed by atoms with E-state index >= 15 is 0 Å². The first-order chi connectivity index (χ1) is 11.6. The maximum atomic E-state index is 12.1. The van der Waals surface area contributed by atoms with Crippen LogP contribution < -0.4 is 5.32 Å². The predicted octanol–water partition coefficient (Wildman–Crippen LogP) is 3.79. The molecule has 0 saturated carbocycles. The number of hydrogen-bond acceptors (Lipinski definition) is 7. The van der Waals surface area contributed by atoms with Gasteiger partial charge in [0.15, 0.2) is 11.8 Å². The molecule has 3 aromatic heterocycles. The van der Waals surface area contributed by atoms with Gasteiger partial charge in [-0.1, -0.05) is 6.07 Å². The molecule has 0 aliphatic heterocycles. The maximum absolute atomic E-state index is 12.1. The van der Waals surface area contributed by atoms with Crippen LogP contribution in [-0.4, -0.2) is 23.0 Å². The molecule has 0 aliphatic rings. The van der Waals surface area contributed by atoms with Gasteiger partial charge in [-0.05, 0) is 29.8 Å². The highest BCUT2D eigenvalue weighted by molar-refractivity contribution is 7.14. The Kier molecular flexibility index (Phi) is 5.39. The topological polar surface area (TPSA) is 68.3 Å². The Hall–Kier alpha value is -2.03. The van der Waals surface area contributed by atoms with Crippen LogP contribution in [-0.2, 0) is 16.1 Å². The SMILES string of the molecule is CC(OC(=O)c1csc(-c2ccsc2)n1)C(=O)NCc1cccs1. The zero-order valence-electron chi connectivity index (χ0n) is 12.7. The number of thiophene rings is 2. The third-order valence-electron chi connectivity index (χ3n) is 3.15. The molecule has 0 fully saturated rings. The molecule has 0 bridgehead atoms. The van der Waals surface area contributed by atoms with Gasteiger partial charge in [-0.3, -0.25) is 4.79 Å². The monoisotopic (exact) mass is 378 g/mol. The van der Waals surface area contributed by atoms with Crippen LogP contribution in [0.2, 0.25) is 0 Å². The van der Waals surface area contributed by atoms with Crippen molar-refractivity contribution in [3.05, 3.63) is 50.3 Å². The van der Waals surface area contributed by atoms with E-state index in [1.807, 2.05) is 34.3 Å². The van der Waals surface area contributed by atoms with Gasteiger partial charge >= 0.3 is 5.97 Å². The van der Waals surface area contributed by atoms with E-state index in [-0.39, 0.29) is 11.6 Å². The van der Waals surface area contributed by atoms with Crippen LogP contribution >= 0.6 is 34.0 Å². The number of aromatic nitrogens is 1. The Morgan fingerprint density at radius 2 is 2.12 bits per heavy atom. The summed E-state index contributed by atoms with van der Waals surface area (Å²) >= 11 is 4.50. The minimum atomic E-state index is -0.872. The quantitative estimate of drug-likeness (QED) is 0.663. The average molecular weight is 379 g/mol. The van der Waals surface area contributed by atoms with Gasteiger partial charge < -0.3 is 10.1 Å². The number of ether oxygens (including phenoxy) is 1. The standard InChI is InChI=1S/C16H14N2O3S3/c1-10(14(19)17-7-12-3-2-5-23-12)21-16(20)13-9-24-15(18-13)11-4-6-22-8-11/h2-6,8-10H,7H2,1H3,(H,17,19). The summed E-state index contributed by atoms with van der Waals surface area (Å²) in [6, 6.07) is 5.80. The zero-order chi connectivity index (χ0) is 16.9. The molecule has 0 aromatic carbocycles. The number of rotatable bonds is 6. The predicted molar refractivity (Wildman–Crippen MR) is 96.5 cm³/mol. The summed E-state index contributed by atoms with van der Waals surface area (Å²) in [7, 11) is 0. The van der Waals surface area contributed by atoms with Crippen molar-refractivity contribution in [2.45, 2.75) is 19.6 Å². The van der Waals surface area contributed by atoms with Crippen LogP contribution in [0.5, 0.6) is 0 Å². The first kappa shape index (κ1) is 16.8. The van der Waals surface area contributed by atoms with Gasteiger partial charge in [-0.15, -0.1) is 22.7 Å². The van der Waals surface area contributed by atoms with Crippen molar-refractivity contribution in [2.75, 3.05) is 0 Å². The van der Waals surface area contributed by atoms with Crippen LogP contribution in [0.1, 0.15) is 22.3 Å². The van der Waals surface area contributed by atoms with E-state index in [0.717, 1.165) is 15.4 Å². The molecule has 5 nitrogen and oxygen atoms in total. The number of carbonyl (C=O) groups is 2. The summed E-state index contributed by atoms with van der Waals surface area (Å²) in [6.07, 6.45) is -0.872. The molecule has 1 atom stereocenters. The van der Waals surface area contributed by atoms with Gasteiger partial charge in [0.1, 0.15) is 5.01 Å². The highest BCUT2D eigenvalue weighted by Crippen LogP contribution is 2.26. The average Bonchev–Trinajstić information content (AvgIpc) is 3.34. The van der Waals surface area contributed by atoms with Crippen LogP contribution in [0.4, 0.5) is 0 Å². The normalized spacial score (nSPS) is 11.9. The molecular formula is C16H14N2O3S3. The van der Waals surface area contributed by atoms with Gasteiger partial charge in [-0.25, -0.2) is 9.78 Å². The van der Waals surface area contributed by atoms with E-state index in [9.17, 15) is 9.59 Å². The first-order valence-corrected chi connectivity index (χ1v) is 9.83. The molecule has 0 saturated heterocycles. The fourth-order valence-electron chi connectivity index (χ4n) is 1.89. The molecule has 1 N–H and O–H groups in total. The largest absolute Gasteiger partial charge is 0.448 e. The summed E-state index contributed by atoms with van der Waals surface area (Å²) in [5.74, 6) is -0.920.